The minimum Gasteiger partial charge on any atom is -0.379 e. The molecule has 0 aliphatic carbocycles. The maximum absolute atomic E-state index is 12.4. The molecule has 2 heterocycles. The highest BCUT2D eigenvalue weighted by molar-refractivity contribution is 5.76. The van der Waals surface area contributed by atoms with Crippen molar-refractivity contribution in [2.75, 3.05) is 51.3 Å². The Morgan fingerprint density at radius 1 is 1.22 bits per heavy atom. The molecule has 3 rings (SSSR count). The van der Waals surface area contributed by atoms with Gasteiger partial charge in [0.25, 0.3) is 0 Å². The van der Waals surface area contributed by atoms with E-state index in [4.69, 9.17) is 4.74 Å². The monoisotopic (exact) mass is 373 g/mol. The van der Waals surface area contributed by atoms with Crippen LogP contribution in [-0.4, -0.2) is 57.2 Å². The van der Waals surface area contributed by atoms with E-state index >= 15 is 0 Å². The van der Waals surface area contributed by atoms with Crippen LogP contribution >= 0.6 is 0 Å². The van der Waals surface area contributed by atoms with Crippen molar-refractivity contribution in [2.24, 2.45) is 5.41 Å². The molecule has 0 radical (unpaired) electrons. The van der Waals surface area contributed by atoms with E-state index in [1.54, 1.807) is 0 Å². The second-order valence-corrected chi connectivity index (χ2v) is 9.12. The van der Waals surface area contributed by atoms with Gasteiger partial charge in [0.1, 0.15) is 0 Å². The number of nitrogens with one attached hydrogen (secondary N) is 1. The number of morpholine rings is 1. The molecule has 1 aromatic carbocycles. The van der Waals surface area contributed by atoms with E-state index in [-0.39, 0.29) is 17.4 Å². The smallest absolute Gasteiger partial charge is 0.220 e. The van der Waals surface area contributed by atoms with Crippen LogP contribution in [0.15, 0.2) is 18.2 Å². The number of hydrogen-bond acceptors (Lipinski definition) is 4. The van der Waals surface area contributed by atoms with Gasteiger partial charge in [-0.05, 0) is 35.4 Å². The van der Waals surface area contributed by atoms with Crippen molar-refractivity contribution in [1.29, 1.82) is 0 Å². The SMILES string of the molecule is CN1CCCc2cc([C@@H](CNC(=O)CC(C)(C)C)N3CCOCC3)ccc21. The normalized spacial score (nSPS) is 19.5. The number of ether oxygens (including phenoxy) is 1. The zero-order chi connectivity index (χ0) is 19.4. The fourth-order valence-corrected chi connectivity index (χ4v) is 4.11. The topological polar surface area (TPSA) is 44.8 Å². The Morgan fingerprint density at radius 3 is 2.67 bits per heavy atom. The molecule has 0 spiro atoms. The Hall–Kier alpha value is -1.59. The molecule has 0 bridgehead atoms. The van der Waals surface area contributed by atoms with Gasteiger partial charge in [0.2, 0.25) is 5.91 Å². The van der Waals surface area contributed by atoms with Crippen molar-refractivity contribution in [3.8, 4) is 0 Å². The number of aryl methyl sites for hydroxylation is 1. The molecule has 1 atom stereocenters. The predicted molar refractivity (Wildman–Crippen MR) is 110 cm³/mol. The summed E-state index contributed by atoms with van der Waals surface area (Å²) in [5.41, 5.74) is 4.10. The first kappa shape index (κ1) is 20.2. The zero-order valence-corrected chi connectivity index (χ0v) is 17.4. The summed E-state index contributed by atoms with van der Waals surface area (Å²) in [6.45, 7) is 11.4. The van der Waals surface area contributed by atoms with Crippen LogP contribution in [0.25, 0.3) is 0 Å². The molecular weight excluding hydrogens is 338 g/mol. The molecule has 0 saturated carbocycles. The second-order valence-electron chi connectivity index (χ2n) is 9.12. The van der Waals surface area contributed by atoms with E-state index in [2.05, 4.69) is 61.1 Å². The highest BCUT2D eigenvalue weighted by Crippen LogP contribution is 2.31. The Kier molecular flexibility index (Phi) is 6.43. The van der Waals surface area contributed by atoms with Gasteiger partial charge < -0.3 is 15.0 Å². The van der Waals surface area contributed by atoms with Gasteiger partial charge in [-0.3, -0.25) is 9.69 Å². The van der Waals surface area contributed by atoms with Gasteiger partial charge in [-0.15, -0.1) is 0 Å². The van der Waals surface area contributed by atoms with Crippen LogP contribution in [0.2, 0.25) is 0 Å². The number of fused-ring (bicyclic) bond motifs is 1. The summed E-state index contributed by atoms with van der Waals surface area (Å²) < 4.78 is 5.55. The lowest BCUT2D eigenvalue weighted by Crippen LogP contribution is -2.44. The summed E-state index contributed by atoms with van der Waals surface area (Å²) in [4.78, 5) is 17.2. The third-order valence-corrected chi connectivity index (χ3v) is 5.51. The number of carbonyl (C=O) groups is 1. The molecule has 0 unspecified atom stereocenters. The first-order valence-electron chi connectivity index (χ1n) is 10.3. The molecule has 5 nitrogen and oxygen atoms in total. The third kappa shape index (κ3) is 5.45. The average Bonchev–Trinajstić information content (AvgIpc) is 2.61. The molecule has 1 N–H and O–H groups in total. The molecule has 150 valence electrons. The Labute approximate surface area is 164 Å². The summed E-state index contributed by atoms with van der Waals surface area (Å²) in [6.07, 6.45) is 2.90. The first-order chi connectivity index (χ1) is 12.8. The van der Waals surface area contributed by atoms with E-state index in [1.807, 2.05) is 0 Å². The van der Waals surface area contributed by atoms with Crippen LogP contribution in [0.4, 0.5) is 5.69 Å². The number of rotatable bonds is 5. The van der Waals surface area contributed by atoms with E-state index in [9.17, 15) is 4.79 Å². The number of amides is 1. The number of nitrogens with zero attached hydrogens (tertiary/aromatic N) is 2. The van der Waals surface area contributed by atoms with Gasteiger partial charge in [-0.25, -0.2) is 0 Å². The molecule has 5 heteroatoms. The lowest BCUT2D eigenvalue weighted by molar-refractivity contribution is -0.123. The van der Waals surface area contributed by atoms with Crippen molar-refractivity contribution < 1.29 is 9.53 Å². The molecule has 1 aromatic rings. The number of carbonyl (C=O) groups excluding carboxylic acids is 1. The average molecular weight is 374 g/mol. The lowest BCUT2D eigenvalue weighted by Gasteiger charge is -2.36. The molecule has 27 heavy (non-hydrogen) atoms. The van der Waals surface area contributed by atoms with E-state index in [1.165, 1.54) is 23.2 Å². The molecule has 1 fully saturated rings. The zero-order valence-electron chi connectivity index (χ0n) is 17.4. The molecule has 1 amide bonds. The van der Waals surface area contributed by atoms with Crippen molar-refractivity contribution >= 4 is 11.6 Å². The van der Waals surface area contributed by atoms with Crippen molar-refractivity contribution in [3.05, 3.63) is 29.3 Å². The van der Waals surface area contributed by atoms with Gasteiger partial charge in [0, 0.05) is 45.3 Å². The maximum Gasteiger partial charge on any atom is 0.220 e. The fourth-order valence-electron chi connectivity index (χ4n) is 4.11. The van der Waals surface area contributed by atoms with Crippen LogP contribution in [0.5, 0.6) is 0 Å². The molecule has 2 aliphatic rings. The van der Waals surface area contributed by atoms with Crippen LogP contribution in [0.1, 0.15) is 50.8 Å². The van der Waals surface area contributed by atoms with Crippen molar-refractivity contribution in [1.82, 2.24) is 10.2 Å². The summed E-state index contributed by atoms with van der Waals surface area (Å²) >= 11 is 0. The number of anilines is 1. The summed E-state index contributed by atoms with van der Waals surface area (Å²) in [7, 11) is 2.17. The highest BCUT2D eigenvalue weighted by Gasteiger charge is 2.25. The molecule has 2 aliphatic heterocycles. The quantitative estimate of drug-likeness (QED) is 0.862. The molecular formula is C22H35N3O2. The number of benzene rings is 1. The van der Waals surface area contributed by atoms with Crippen LogP contribution in [-0.2, 0) is 16.0 Å². The largest absolute Gasteiger partial charge is 0.379 e. The first-order valence-corrected chi connectivity index (χ1v) is 10.3. The third-order valence-electron chi connectivity index (χ3n) is 5.51. The number of hydrogen-bond donors (Lipinski definition) is 1. The van der Waals surface area contributed by atoms with Crippen LogP contribution < -0.4 is 10.2 Å². The van der Waals surface area contributed by atoms with Gasteiger partial charge in [0.15, 0.2) is 0 Å². The van der Waals surface area contributed by atoms with Crippen LogP contribution in [0, 0.1) is 5.41 Å². The van der Waals surface area contributed by atoms with Gasteiger partial charge in [-0.2, -0.15) is 0 Å². The second kappa shape index (κ2) is 8.61. The standard InChI is InChI=1S/C22H35N3O2/c1-22(2,3)15-21(26)23-16-20(25-10-12-27-13-11-25)18-7-8-19-17(14-18)6-5-9-24(19)4/h7-8,14,20H,5-6,9-13,15-16H2,1-4H3,(H,23,26)/t20-/m1/s1. The summed E-state index contributed by atoms with van der Waals surface area (Å²) in [5, 5.41) is 3.19. The lowest BCUT2D eigenvalue weighted by atomic mass is 9.92. The van der Waals surface area contributed by atoms with Crippen LogP contribution in [0.3, 0.4) is 0 Å². The summed E-state index contributed by atoms with van der Waals surface area (Å²) in [5.74, 6) is 0.137. The van der Waals surface area contributed by atoms with Gasteiger partial charge >= 0.3 is 0 Å². The van der Waals surface area contributed by atoms with Crippen molar-refractivity contribution in [2.45, 2.75) is 46.1 Å². The van der Waals surface area contributed by atoms with E-state index in [0.717, 1.165) is 39.3 Å². The Balaban J connectivity index is 1.76. The highest BCUT2D eigenvalue weighted by atomic mass is 16.5. The fraction of sp³-hybridized carbons (Fsp3) is 0.682. The van der Waals surface area contributed by atoms with Gasteiger partial charge in [-0.1, -0.05) is 32.9 Å². The predicted octanol–water partition coefficient (Wildman–Crippen LogP) is 2.99. The molecule has 1 saturated heterocycles. The van der Waals surface area contributed by atoms with Crippen molar-refractivity contribution in [3.63, 3.8) is 0 Å². The van der Waals surface area contributed by atoms with E-state index < -0.39 is 0 Å². The summed E-state index contributed by atoms with van der Waals surface area (Å²) in [6, 6.07) is 7.07. The molecule has 0 aromatic heterocycles. The minimum atomic E-state index is 0.00888. The van der Waals surface area contributed by atoms with Gasteiger partial charge in [0.05, 0.1) is 19.3 Å². The minimum absolute atomic E-state index is 0.00888. The van der Waals surface area contributed by atoms with E-state index in [0.29, 0.717) is 13.0 Å². The Morgan fingerprint density at radius 2 is 1.96 bits per heavy atom. The Bertz CT molecular complexity index is 647. The maximum atomic E-state index is 12.4.